The first kappa shape index (κ1) is 21.4. The lowest BCUT2D eigenvalue weighted by Crippen LogP contribution is -2.48. The molecule has 1 rings (SSSR count). The van der Waals surface area contributed by atoms with E-state index >= 15 is 0 Å². The van der Waals surface area contributed by atoms with Crippen LogP contribution in [0.1, 0.15) is 56.8 Å². The van der Waals surface area contributed by atoms with Gasteiger partial charge in [-0.2, -0.15) is 0 Å². The lowest BCUT2D eigenvalue weighted by atomic mass is 10.2. The van der Waals surface area contributed by atoms with Crippen molar-refractivity contribution in [2.24, 2.45) is 0 Å². The Kier molecular flexibility index (Phi) is 9.44. The Morgan fingerprint density at radius 3 is 2.60 bits per heavy atom. The van der Waals surface area contributed by atoms with Gasteiger partial charge in [0.15, 0.2) is 5.11 Å². The molecule has 0 heterocycles. The highest BCUT2D eigenvalue weighted by molar-refractivity contribution is 9.10. The average Bonchev–Trinajstić information content (AvgIpc) is 2.54. The first-order valence-corrected chi connectivity index (χ1v) is 9.40. The standard InChI is InChI=1S/C17H24BrN3O3S/c1-4-5-6-7-15(22)20-21-17(25)19-16(23)13-10-12(18)8-9-14(13)24-11(2)3/h8-11H,4-7H2,1-3H3,(H,20,22)(H2,19,21,23,25). The molecular formula is C17H24BrN3O3S. The second-order valence-corrected chi connectivity index (χ2v) is 7.04. The third-order valence-corrected chi connectivity index (χ3v) is 3.80. The largest absolute Gasteiger partial charge is 0.490 e. The Morgan fingerprint density at radius 1 is 1.24 bits per heavy atom. The quantitative estimate of drug-likeness (QED) is 0.351. The minimum Gasteiger partial charge on any atom is -0.490 e. The maximum Gasteiger partial charge on any atom is 0.261 e. The Hall–Kier alpha value is -1.67. The van der Waals surface area contributed by atoms with Crippen molar-refractivity contribution in [3.8, 4) is 5.75 Å². The fourth-order valence-corrected chi connectivity index (χ4v) is 2.47. The van der Waals surface area contributed by atoms with Gasteiger partial charge in [-0.3, -0.25) is 25.8 Å². The second-order valence-electron chi connectivity index (χ2n) is 5.72. The number of benzene rings is 1. The lowest BCUT2D eigenvalue weighted by molar-refractivity contribution is -0.121. The first-order chi connectivity index (χ1) is 11.8. The Balaban J connectivity index is 2.59. The van der Waals surface area contributed by atoms with Crippen molar-refractivity contribution in [1.29, 1.82) is 0 Å². The minimum atomic E-state index is -0.422. The predicted octanol–water partition coefficient (Wildman–Crippen LogP) is 3.45. The smallest absolute Gasteiger partial charge is 0.261 e. The number of nitrogens with one attached hydrogen (secondary N) is 3. The number of carbonyl (C=O) groups excluding carboxylic acids is 2. The summed E-state index contributed by atoms with van der Waals surface area (Å²) < 4.78 is 6.39. The van der Waals surface area contributed by atoms with Crippen LogP contribution in [0.5, 0.6) is 5.75 Å². The van der Waals surface area contributed by atoms with Gasteiger partial charge in [-0.1, -0.05) is 35.7 Å². The van der Waals surface area contributed by atoms with Crippen LogP contribution in [0.3, 0.4) is 0 Å². The van der Waals surface area contributed by atoms with Crippen molar-refractivity contribution in [2.45, 2.75) is 52.6 Å². The molecule has 0 fully saturated rings. The van der Waals surface area contributed by atoms with Crippen molar-refractivity contribution in [3.63, 3.8) is 0 Å². The third-order valence-electron chi connectivity index (χ3n) is 3.10. The van der Waals surface area contributed by atoms with Crippen LogP contribution in [0.4, 0.5) is 0 Å². The van der Waals surface area contributed by atoms with Crippen LogP contribution < -0.4 is 20.9 Å². The number of hydrogen-bond donors (Lipinski definition) is 3. The molecule has 0 saturated carbocycles. The average molecular weight is 430 g/mol. The van der Waals surface area contributed by atoms with Gasteiger partial charge in [0.1, 0.15) is 5.75 Å². The molecule has 2 amide bonds. The second kappa shape index (κ2) is 11.0. The van der Waals surface area contributed by atoms with E-state index in [-0.39, 0.29) is 17.1 Å². The molecule has 0 aliphatic carbocycles. The Bertz CT molecular complexity index is 623. The van der Waals surface area contributed by atoms with Crippen LogP contribution in [0.2, 0.25) is 0 Å². The summed E-state index contributed by atoms with van der Waals surface area (Å²) in [6.07, 6.45) is 3.20. The molecule has 0 spiro atoms. The van der Waals surface area contributed by atoms with E-state index in [0.717, 1.165) is 23.7 Å². The number of rotatable bonds is 7. The monoisotopic (exact) mass is 429 g/mol. The highest BCUT2D eigenvalue weighted by atomic mass is 79.9. The summed E-state index contributed by atoms with van der Waals surface area (Å²) in [6, 6.07) is 5.16. The molecule has 0 radical (unpaired) electrons. The molecule has 25 heavy (non-hydrogen) atoms. The molecule has 0 unspecified atom stereocenters. The van der Waals surface area contributed by atoms with Gasteiger partial charge in [0, 0.05) is 10.9 Å². The maximum atomic E-state index is 12.4. The fraction of sp³-hybridized carbons (Fsp3) is 0.471. The van der Waals surface area contributed by atoms with Gasteiger partial charge in [0.25, 0.3) is 5.91 Å². The molecule has 0 atom stereocenters. The molecule has 1 aromatic carbocycles. The molecule has 3 N–H and O–H groups in total. The zero-order valence-electron chi connectivity index (χ0n) is 14.6. The van der Waals surface area contributed by atoms with Crippen LogP contribution in [0, 0.1) is 0 Å². The van der Waals surface area contributed by atoms with Crippen molar-refractivity contribution in [1.82, 2.24) is 16.2 Å². The molecule has 0 aliphatic rings. The van der Waals surface area contributed by atoms with Gasteiger partial charge < -0.3 is 4.74 Å². The Labute approximate surface area is 162 Å². The number of hydrogen-bond acceptors (Lipinski definition) is 4. The normalized spacial score (nSPS) is 10.3. The summed E-state index contributed by atoms with van der Waals surface area (Å²) in [5.41, 5.74) is 5.35. The van der Waals surface area contributed by atoms with Crippen LogP contribution in [0.15, 0.2) is 22.7 Å². The van der Waals surface area contributed by atoms with Crippen LogP contribution >= 0.6 is 28.1 Å². The number of amides is 2. The third kappa shape index (κ3) is 8.31. The highest BCUT2D eigenvalue weighted by Gasteiger charge is 2.16. The zero-order valence-corrected chi connectivity index (χ0v) is 17.1. The van der Waals surface area contributed by atoms with E-state index in [1.54, 1.807) is 18.2 Å². The topological polar surface area (TPSA) is 79.5 Å². The van der Waals surface area contributed by atoms with Gasteiger partial charge in [-0.05, 0) is 50.7 Å². The molecular weight excluding hydrogens is 406 g/mol. The molecule has 1 aromatic rings. The van der Waals surface area contributed by atoms with Crippen molar-refractivity contribution in [2.75, 3.05) is 0 Å². The first-order valence-electron chi connectivity index (χ1n) is 8.19. The maximum absolute atomic E-state index is 12.4. The van der Waals surface area contributed by atoms with E-state index in [4.69, 9.17) is 17.0 Å². The van der Waals surface area contributed by atoms with Gasteiger partial charge in [0.2, 0.25) is 5.91 Å². The zero-order chi connectivity index (χ0) is 18.8. The minimum absolute atomic E-state index is 0.0179. The van der Waals surface area contributed by atoms with Gasteiger partial charge in [0.05, 0.1) is 11.7 Å². The summed E-state index contributed by atoms with van der Waals surface area (Å²) in [6.45, 7) is 5.83. The summed E-state index contributed by atoms with van der Waals surface area (Å²) in [5, 5.41) is 2.54. The number of halogens is 1. The predicted molar refractivity (Wildman–Crippen MR) is 105 cm³/mol. The number of unbranched alkanes of at least 4 members (excludes halogenated alkanes) is 2. The van der Waals surface area contributed by atoms with E-state index in [9.17, 15) is 9.59 Å². The van der Waals surface area contributed by atoms with Gasteiger partial charge >= 0.3 is 0 Å². The fourth-order valence-electron chi connectivity index (χ4n) is 1.96. The van der Waals surface area contributed by atoms with E-state index in [1.165, 1.54) is 0 Å². The van der Waals surface area contributed by atoms with Crippen molar-refractivity contribution >= 4 is 45.1 Å². The molecule has 138 valence electrons. The Morgan fingerprint density at radius 2 is 1.96 bits per heavy atom. The lowest BCUT2D eigenvalue weighted by Gasteiger charge is -2.15. The number of carbonyl (C=O) groups is 2. The molecule has 0 aromatic heterocycles. The van der Waals surface area contributed by atoms with E-state index < -0.39 is 5.91 Å². The molecule has 0 aliphatic heterocycles. The molecule has 8 heteroatoms. The summed E-state index contributed by atoms with van der Waals surface area (Å²) in [4.78, 5) is 24.0. The van der Waals surface area contributed by atoms with Crippen LogP contribution in [0.25, 0.3) is 0 Å². The van der Waals surface area contributed by atoms with E-state index in [2.05, 4.69) is 39.0 Å². The van der Waals surface area contributed by atoms with E-state index in [0.29, 0.717) is 17.7 Å². The number of hydrazine groups is 1. The highest BCUT2D eigenvalue weighted by Crippen LogP contribution is 2.24. The van der Waals surface area contributed by atoms with Crippen molar-refractivity contribution < 1.29 is 14.3 Å². The molecule has 0 bridgehead atoms. The molecule has 6 nitrogen and oxygen atoms in total. The number of thiocarbonyl (C=S) groups is 1. The van der Waals surface area contributed by atoms with Gasteiger partial charge in [-0.25, -0.2) is 0 Å². The summed E-state index contributed by atoms with van der Waals surface area (Å²) >= 11 is 8.37. The van der Waals surface area contributed by atoms with Gasteiger partial charge in [-0.15, -0.1) is 0 Å². The summed E-state index contributed by atoms with van der Waals surface area (Å²) in [5.74, 6) is -0.131. The number of ether oxygens (including phenoxy) is 1. The molecule has 0 saturated heterocycles. The van der Waals surface area contributed by atoms with Crippen LogP contribution in [-0.4, -0.2) is 23.0 Å². The van der Waals surface area contributed by atoms with Crippen molar-refractivity contribution in [3.05, 3.63) is 28.2 Å². The summed E-state index contributed by atoms with van der Waals surface area (Å²) in [7, 11) is 0. The SMILES string of the molecule is CCCCCC(=O)NNC(=S)NC(=O)c1cc(Br)ccc1OC(C)C. The van der Waals surface area contributed by atoms with Crippen LogP contribution in [-0.2, 0) is 4.79 Å². The van der Waals surface area contributed by atoms with E-state index in [1.807, 2.05) is 13.8 Å².